The van der Waals surface area contributed by atoms with E-state index in [0.717, 1.165) is 16.6 Å². The van der Waals surface area contributed by atoms with Crippen LogP contribution in [0.15, 0.2) is 28.7 Å². The predicted molar refractivity (Wildman–Crippen MR) is 72.8 cm³/mol. The molecular formula is C13H20BrNO2. The van der Waals surface area contributed by atoms with E-state index in [1.807, 2.05) is 24.3 Å². The van der Waals surface area contributed by atoms with Gasteiger partial charge in [0.2, 0.25) is 0 Å². The lowest BCUT2D eigenvalue weighted by molar-refractivity contribution is 0.0793. The van der Waals surface area contributed by atoms with Gasteiger partial charge in [-0.25, -0.2) is 0 Å². The predicted octanol–water partition coefficient (Wildman–Crippen LogP) is 2.01. The minimum atomic E-state index is -0.392. The van der Waals surface area contributed by atoms with Crippen LogP contribution < -0.4 is 0 Å². The number of hydrogen-bond acceptors (Lipinski definition) is 3. The van der Waals surface area contributed by atoms with E-state index in [-0.39, 0.29) is 0 Å². The molecule has 0 saturated heterocycles. The second-order valence-electron chi connectivity index (χ2n) is 4.48. The Morgan fingerprint density at radius 3 is 2.12 bits per heavy atom. The number of benzene rings is 1. The summed E-state index contributed by atoms with van der Waals surface area (Å²) in [5, 5.41) is 18.9. The molecule has 0 aliphatic rings. The molecule has 1 aromatic carbocycles. The fraction of sp³-hybridized carbons (Fsp3) is 0.538. The third-order valence-electron chi connectivity index (χ3n) is 2.40. The maximum Gasteiger partial charge on any atom is 0.0639 e. The largest absolute Gasteiger partial charge is 0.392 e. The Labute approximate surface area is 111 Å². The van der Waals surface area contributed by atoms with Crippen molar-refractivity contribution in [1.29, 1.82) is 0 Å². The van der Waals surface area contributed by atoms with Gasteiger partial charge in [0.15, 0.2) is 0 Å². The molecule has 0 amide bonds. The highest BCUT2D eigenvalue weighted by molar-refractivity contribution is 9.10. The molecule has 4 heteroatoms. The summed E-state index contributed by atoms with van der Waals surface area (Å²) in [7, 11) is 0. The zero-order chi connectivity index (χ0) is 12.8. The van der Waals surface area contributed by atoms with Crippen LogP contribution in [0.25, 0.3) is 0 Å². The van der Waals surface area contributed by atoms with Crippen LogP contribution in [-0.4, -0.2) is 40.4 Å². The van der Waals surface area contributed by atoms with Crippen molar-refractivity contribution in [3.63, 3.8) is 0 Å². The van der Waals surface area contributed by atoms with Crippen LogP contribution in [0.4, 0.5) is 0 Å². The number of hydrogen-bond donors (Lipinski definition) is 2. The molecule has 0 heterocycles. The maximum atomic E-state index is 9.45. The van der Waals surface area contributed by atoms with Crippen molar-refractivity contribution >= 4 is 15.9 Å². The normalized spacial score (nSPS) is 14.9. The van der Waals surface area contributed by atoms with Gasteiger partial charge in [0.1, 0.15) is 0 Å². The van der Waals surface area contributed by atoms with Crippen LogP contribution in [0, 0.1) is 0 Å². The second kappa shape index (κ2) is 7.11. The molecule has 0 spiro atoms. The van der Waals surface area contributed by atoms with E-state index in [9.17, 15) is 10.2 Å². The quantitative estimate of drug-likeness (QED) is 0.845. The number of nitrogens with zero attached hydrogens (tertiary/aromatic N) is 1. The summed E-state index contributed by atoms with van der Waals surface area (Å²) in [4.78, 5) is 2.05. The third kappa shape index (κ3) is 5.64. The minimum absolute atomic E-state index is 0.392. The average molecular weight is 302 g/mol. The summed E-state index contributed by atoms with van der Waals surface area (Å²) < 4.78 is 1.06. The molecule has 1 rings (SSSR count). The molecule has 1 aromatic rings. The molecule has 0 aromatic heterocycles. The SMILES string of the molecule is C[C@H](O)CN(Cc1ccccc1Br)C[C@@H](C)O. The summed E-state index contributed by atoms with van der Waals surface area (Å²) in [5.74, 6) is 0. The fourth-order valence-electron chi connectivity index (χ4n) is 1.82. The number of aliphatic hydroxyl groups excluding tert-OH is 2. The van der Waals surface area contributed by atoms with E-state index >= 15 is 0 Å². The standard InChI is InChI=1S/C13H20BrNO2/c1-10(16)7-15(8-11(2)17)9-12-5-3-4-6-13(12)14/h3-6,10-11,16-17H,7-9H2,1-2H3/t10-,11+. The van der Waals surface area contributed by atoms with Gasteiger partial charge in [-0.1, -0.05) is 34.1 Å². The molecule has 2 N–H and O–H groups in total. The van der Waals surface area contributed by atoms with Gasteiger partial charge in [0, 0.05) is 24.1 Å². The average Bonchev–Trinajstić information content (AvgIpc) is 2.19. The molecule has 3 nitrogen and oxygen atoms in total. The van der Waals surface area contributed by atoms with E-state index in [0.29, 0.717) is 13.1 Å². The van der Waals surface area contributed by atoms with Crippen molar-refractivity contribution in [3.05, 3.63) is 34.3 Å². The lowest BCUT2D eigenvalue weighted by atomic mass is 10.2. The van der Waals surface area contributed by atoms with Crippen molar-refractivity contribution in [1.82, 2.24) is 4.90 Å². The summed E-state index contributed by atoms with van der Waals surface area (Å²) in [5.41, 5.74) is 1.16. The second-order valence-corrected chi connectivity index (χ2v) is 5.34. The molecule has 0 aliphatic carbocycles. The summed E-state index contributed by atoms with van der Waals surface area (Å²) in [6.45, 7) is 5.36. The molecule has 96 valence electrons. The third-order valence-corrected chi connectivity index (χ3v) is 3.17. The first kappa shape index (κ1) is 14.6. The van der Waals surface area contributed by atoms with E-state index in [4.69, 9.17) is 0 Å². The molecule has 0 bridgehead atoms. The van der Waals surface area contributed by atoms with Crippen molar-refractivity contribution < 1.29 is 10.2 Å². The molecule has 0 aliphatic heterocycles. The highest BCUT2D eigenvalue weighted by Gasteiger charge is 2.12. The van der Waals surface area contributed by atoms with Crippen molar-refractivity contribution in [2.24, 2.45) is 0 Å². The van der Waals surface area contributed by atoms with Crippen molar-refractivity contribution in [3.8, 4) is 0 Å². The zero-order valence-corrected chi connectivity index (χ0v) is 11.9. The minimum Gasteiger partial charge on any atom is -0.392 e. The highest BCUT2D eigenvalue weighted by atomic mass is 79.9. The summed E-state index contributed by atoms with van der Waals surface area (Å²) in [6, 6.07) is 8.00. The van der Waals surface area contributed by atoms with Gasteiger partial charge in [-0.15, -0.1) is 0 Å². The fourth-order valence-corrected chi connectivity index (χ4v) is 2.23. The molecule has 0 unspecified atom stereocenters. The number of rotatable bonds is 6. The van der Waals surface area contributed by atoms with E-state index < -0.39 is 12.2 Å². The first-order valence-electron chi connectivity index (χ1n) is 5.81. The first-order chi connectivity index (χ1) is 7.99. The van der Waals surface area contributed by atoms with Gasteiger partial charge in [-0.3, -0.25) is 4.90 Å². The van der Waals surface area contributed by atoms with E-state index in [1.165, 1.54) is 0 Å². The van der Waals surface area contributed by atoms with Crippen LogP contribution in [0.1, 0.15) is 19.4 Å². The van der Waals surface area contributed by atoms with Gasteiger partial charge < -0.3 is 10.2 Å². The van der Waals surface area contributed by atoms with Crippen LogP contribution in [-0.2, 0) is 6.54 Å². The zero-order valence-electron chi connectivity index (χ0n) is 10.3. The van der Waals surface area contributed by atoms with E-state index in [2.05, 4.69) is 20.8 Å². The molecule has 0 radical (unpaired) electrons. The van der Waals surface area contributed by atoms with Gasteiger partial charge in [-0.05, 0) is 25.5 Å². The van der Waals surface area contributed by atoms with Crippen molar-refractivity contribution in [2.45, 2.75) is 32.6 Å². The summed E-state index contributed by atoms with van der Waals surface area (Å²) >= 11 is 3.51. The van der Waals surface area contributed by atoms with Gasteiger partial charge in [0.05, 0.1) is 12.2 Å². The van der Waals surface area contributed by atoms with E-state index in [1.54, 1.807) is 13.8 Å². The molecule has 2 atom stereocenters. The van der Waals surface area contributed by atoms with Gasteiger partial charge in [0.25, 0.3) is 0 Å². The Morgan fingerprint density at radius 1 is 1.12 bits per heavy atom. The van der Waals surface area contributed by atoms with Crippen LogP contribution in [0.3, 0.4) is 0 Å². The number of halogens is 1. The lowest BCUT2D eigenvalue weighted by Crippen LogP contribution is -2.35. The monoisotopic (exact) mass is 301 g/mol. The van der Waals surface area contributed by atoms with Gasteiger partial charge >= 0.3 is 0 Å². The Morgan fingerprint density at radius 2 is 1.65 bits per heavy atom. The molecule has 17 heavy (non-hydrogen) atoms. The van der Waals surface area contributed by atoms with Crippen LogP contribution in [0.2, 0.25) is 0 Å². The topological polar surface area (TPSA) is 43.7 Å². The maximum absolute atomic E-state index is 9.45. The van der Waals surface area contributed by atoms with Gasteiger partial charge in [-0.2, -0.15) is 0 Å². The molecule has 0 saturated carbocycles. The van der Waals surface area contributed by atoms with Crippen LogP contribution >= 0.6 is 15.9 Å². The number of aliphatic hydroxyl groups is 2. The Balaban J connectivity index is 2.68. The Bertz CT molecular complexity index is 332. The smallest absolute Gasteiger partial charge is 0.0639 e. The molecule has 0 fully saturated rings. The first-order valence-corrected chi connectivity index (χ1v) is 6.60. The lowest BCUT2D eigenvalue weighted by Gasteiger charge is -2.25. The summed E-state index contributed by atoms with van der Waals surface area (Å²) in [6.07, 6.45) is -0.785. The van der Waals surface area contributed by atoms with Crippen molar-refractivity contribution in [2.75, 3.05) is 13.1 Å². The highest BCUT2D eigenvalue weighted by Crippen LogP contribution is 2.18. The Kier molecular flexibility index (Phi) is 6.12. The van der Waals surface area contributed by atoms with Crippen LogP contribution in [0.5, 0.6) is 0 Å². The Hall–Kier alpha value is -0.420. The molecular weight excluding hydrogens is 282 g/mol.